The molecule has 0 saturated heterocycles. The Bertz CT molecular complexity index is 357. The first-order valence-corrected chi connectivity index (χ1v) is 4.42. The monoisotopic (exact) mass is 175 g/mol. The zero-order valence-corrected chi connectivity index (χ0v) is 7.71. The van der Waals surface area contributed by atoms with Crippen LogP contribution in [0.15, 0.2) is 30.5 Å². The Hall–Kier alpha value is -1.44. The molecule has 1 unspecified atom stereocenters. The Kier molecular flexibility index (Phi) is 1.76. The molecule has 68 valence electrons. The second-order valence-corrected chi connectivity index (χ2v) is 3.54. The Balaban J connectivity index is 2.42. The Morgan fingerprint density at radius 1 is 1.54 bits per heavy atom. The predicted octanol–water partition coefficient (Wildman–Crippen LogP) is 2.35. The van der Waals surface area contributed by atoms with Gasteiger partial charge in [-0.05, 0) is 18.1 Å². The van der Waals surface area contributed by atoms with Crippen molar-refractivity contribution < 1.29 is 4.74 Å². The standard InChI is InChI=1S/C11H13NO/c1-7-5-9-3-4-10(12)6-11(9)13-8(7)2/h3-4,6-7H,2,5,12H2,1H3. The molecule has 1 aromatic rings. The van der Waals surface area contributed by atoms with E-state index in [0.29, 0.717) is 5.92 Å². The van der Waals surface area contributed by atoms with Crippen molar-refractivity contribution in [1.29, 1.82) is 0 Å². The smallest absolute Gasteiger partial charge is 0.132 e. The van der Waals surface area contributed by atoms with Crippen LogP contribution in [0.4, 0.5) is 5.69 Å². The third kappa shape index (κ3) is 1.39. The number of fused-ring (bicyclic) bond motifs is 1. The van der Waals surface area contributed by atoms with Crippen molar-refractivity contribution in [1.82, 2.24) is 0 Å². The molecule has 0 fully saturated rings. The third-order valence-electron chi connectivity index (χ3n) is 2.41. The van der Waals surface area contributed by atoms with E-state index in [1.165, 1.54) is 5.56 Å². The normalized spacial score (nSPS) is 20.7. The maximum absolute atomic E-state index is 5.65. The summed E-state index contributed by atoms with van der Waals surface area (Å²) in [4.78, 5) is 0. The minimum Gasteiger partial charge on any atom is -0.462 e. The number of hydrogen-bond donors (Lipinski definition) is 1. The molecule has 0 radical (unpaired) electrons. The summed E-state index contributed by atoms with van der Waals surface area (Å²) < 4.78 is 5.55. The van der Waals surface area contributed by atoms with Gasteiger partial charge in [-0.3, -0.25) is 0 Å². The van der Waals surface area contributed by atoms with Crippen LogP contribution in [0.25, 0.3) is 0 Å². The number of hydrogen-bond acceptors (Lipinski definition) is 2. The highest BCUT2D eigenvalue weighted by atomic mass is 16.5. The van der Waals surface area contributed by atoms with E-state index in [-0.39, 0.29) is 0 Å². The molecule has 0 saturated carbocycles. The average molecular weight is 175 g/mol. The molecular weight excluding hydrogens is 162 g/mol. The molecule has 1 atom stereocenters. The quantitative estimate of drug-likeness (QED) is 0.614. The van der Waals surface area contributed by atoms with Gasteiger partial charge in [-0.1, -0.05) is 19.6 Å². The first kappa shape index (κ1) is 8.17. The number of allylic oxidation sites excluding steroid dienone is 1. The lowest BCUT2D eigenvalue weighted by atomic mass is 9.96. The zero-order chi connectivity index (χ0) is 9.42. The fourth-order valence-corrected chi connectivity index (χ4v) is 1.52. The summed E-state index contributed by atoms with van der Waals surface area (Å²) in [5.74, 6) is 2.09. The van der Waals surface area contributed by atoms with Crippen LogP contribution in [0.2, 0.25) is 0 Å². The van der Waals surface area contributed by atoms with Crippen LogP contribution in [0.5, 0.6) is 5.75 Å². The maximum atomic E-state index is 5.65. The summed E-state index contributed by atoms with van der Waals surface area (Å²) in [6.45, 7) is 5.97. The molecule has 2 heteroatoms. The second-order valence-electron chi connectivity index (χ2n) is 3.54. The molecule has 1 aliphatic rings. The average Bonchev–Trinajstić information content (AvgIpc) is 2.08. The number of rotatable bonds is 0. The maximum Gasteiger partial charge on any atom is 0.132 e. The summed E-state index contributed by atoms with van der Waals surface area (Å²) >= 11 is 0. The van der Waals surface area contributed by atoms with Crippen LogP contribution >= 0.6 is 0 Å². The van der Waals surface area contributed by atoms with E-state index in [9.17, 15) is 0 Å². The molecule has 1 heterocycles. The van der Waals surface area contributed by atoms with E-state index in [2.05, 4.69) is 13.5 Å². The van der Waals surface area contributed by atoms with Crippen molar-refractivity contribution in [2.24, 2.45) is 5.92 Å². The van der Waals surface area contributed by atoms with Crippen LogP contribution in [-0.2, 0) is 6.42 Å². The molecule has 0 amide bonds. The summed E-state index contributed by atoms with van der Waals surface area (Å²) in [5, 5.41) is 0. The first-order valence-electron chi connectivity index (χ1n) is 4.42. The second kappa shape index (κ2) is 2.80. The van der Waals surface area contributed by atoms with Gasteiger partial charge in [-0.15, -0.1) is 0 Å². The van der Waals surface area contributed by atoms with E-state index in [1.807, 2.05) is 18.2 Å². The Morgan fingerprint density at radius 3 is 3.08 bits per heavy atom. The molecule has 2 nitrogen and oxygen atoms in total. The van der Waals surface area contributed by atoms with Crippen molar-refractivity contribution in [2.45, 2.75) is 13.3 Å². The van der Waals surface area contributed by atoms with Gasteiger partial charge < -0.3 is 10.5 Å². The molecule has 0 spiro atoms. The number of anilines is 1. The van der Waals surface area contributed by atoms with Crippen LogP contribution < -0.4 is 10.5 Å². The lowest BCUT2D eigenvalue weighted by Crippen LogP contribution is -2.15. The van der Waals surface area contributed by atoms with Gasteiger partial charge >= 0.3 is 0 Å². The van der Waals surface area contributed by atoms with Crippen LogP contribution in [0.3, 0.4) is 0 Å². The van der Waals surface area contributed by atoms with Gasteiger partial charge in [0.25, 0.3) is 0 Å². The fourth-order valence-electron chi connectivity index (χ4n) is 1.52. The highest BCUT2D eigenvalue weighted by molar-refractivity contribution is 5.50. The SMILES string of the molecule is C=C1Oc2cc(N)ccc2CC1C. The molecule has 13 heavy (non-hydrogen) atoms. The van der Waals surface area contributed by atoms with Gasteiger partial charge in [0.05, 0.1) is 0 Å². The van der Waals surface area contributed by atoms with Crippen LogP contribution in [-0.4, -0.2) is 0 Å². The molecule has 1 aromatic carbocycles. The largest absolute Gasteiger partial charge is 0.462 e. The summed E-state index contributed by atoms with van der Waals surface area (Å²) in [6, 6.07) is 5.78. The van der Waals surface area contributed by atoms with E-state index in [0.717, 1.165) is 23.6 Å². The van der Waals surface area contributed by atoms with Gasteiger partial charge in [0.2, 0.25) is 0 Å². The fraction of sp³-hybridized carbons (Fsp3) is 0.273. The number of benzene rings is 1. The number of nitrogen functional groups attached to an aromatic ring is 1. The van der Waals surface area contributed by atoms with Crippen molar-refractivity contribution in [3.63, 3.8) is 0 Å². The molecule has 0 aliphatic carbocycles. The zero-order valence-electron chi connectivity index (χ0n) is 7.71. The van der Waals surface area contributed by atoms with E-state index in [1.54, 1.807) is 0 Å². The van der Waals surface area contributed by atoms with Crippen LogP contribution in [0, 0.1) is 5.92 Å². The number of ether oxygens (including phenoxy) is 1. The van der Waals surface area contributed by atoms with Crippen LogP contribution in [0.1, 0.15) is 12.5 Å². The number of nitrogens with two attached hydrogens (primary N) is 1. The molecular formula is C11H13NO. The predicted molar refractivity (Wildman–Crippen MR) is 53.5 cm³/mol. The van der Waals surface area contributed by atoms with Crippen molar-refractivity contribution in [3.05, 3.63) is 36.1 Å². The highest BCUT2D eigenvalue weighted by Gasteiger charge is 2.19. The molecule has 0 bridgehead atoms. The van der Waals surface area contributed by atoms with Crippen molar-refractivity contribution in [3.8, 4) is 5.75 Å². The summed E-state index contributed by atoms with van der Waals surface area (Å²) in [6.07, 6.45) is 0.994. The lowest BCUT2D eigenvalue weighted by Gasteiger charge is -2.24. The lowest BCUT2D eigenvalue weighted by molar-refractivity contribution is 0.329. The van der Waals surface area contributed by atoms with Gasteiger partial charge in [0, 0.05) is 17.7 Å². The summed E-state index contributed by atoms with van der Waals surface area (Å²) in [7, 11) is 0. The molecule has 2 rings (SSSR count). The summed E-state index contributed by atoms with van der Waals surface area (Å²) in [5.41, 5.74) is 7.61. The van der Waals surface area contributed by atoms with E-state index < -0.39 is 0 Å². The first-order chi connectivity index (χ1) is 6.16. The highest BCUT2D eigenvalue weighted by Crippen LogP contribution is 2.33. The van der Waals surface area contributed by atoms with Gasteiger partial charge in [-0.25, -0.2) is 0 Å². The van der Waals surface area contributed by atoms with E-state index in [4.69, 9.17) is 10.5 Å². The third-order valence-corrected chi connectivity index (χ3v) is 2.41. The molecule has 1 aliphatic heterocycles. The minimum absolute atomic E-state index is 0.399. The molecule has 2 N–H and O–H groups in total. The van der Waals surface area contributed by atoms with Gasteiger partial charge in [0.1, 0.15) is 11.5 Å². The van der Waals surface area contributed by atoms with Crippen molar-refractivity contribution in [2.75, 3.05) is 5.73 Å². The Labute approximate surface area is 78.0 Å². The minimum atomic E-state index is 0.399. The topological polar surface area (TPSA) is 35.2 Å². The van der Waals surface area contributed by atoms with Crippen molar-refractivity contribution >= 4 is 5.69 Å². The van der Waals surface area contributed by atoms with E-state index >= 15 is 0 Å². The molecule has 0 aromatic heterocycles. The van der Waals surface area contributed by atoms with Gasteiger partial charge in [0.15, 0.2) is 0 Å². The van der Waals surface area contributed by atoms with Gasteiger partial charge in [-0.2, -0.15) is 0 Å². The Morgan fingerprint density at radius 2 is 2.31 bits per heavy atom.